The van der Waals surface area contributed by atoms with E-state index in [0.29, 0.717) is 25.8 Å². The van der Waals surface area contributed by atoms with Crippen LogP contribution in [-0.4, -0.2) is 83.9 Å². The van der Waals surface area contributed by atoms with Crippen molar-refractivity contribution in [3.8, 4) is 11.1 Å². The minimum atomic E-state index is -2.94. The Bertz CT molecular complexity index is 2170. The number of nitrogens with zero attached hydrogens (tertiary/aromatic N) is 2. The first kappa shape index (κ1) is 45.8. The van der Waals surface area contributed by atoms with Gasteiger partial charge in [-0.15, -0.1) is 0 Å². The molecule has 6 rings (SSSR count). The average Bonchev–Trinajstić information content (AvgIpc) is 3.78. The molecule has 0 saturated carbocycles. The molecule has 3 N–H and O–H groups in total. The van der Waals surface area contributed by atoms with E-state index < -0.39 is 55.8 Å². The van der Waals surface area contributed by atoms with Gasteiger partial charge in [-0.05, 0) is 90.2 Å². The third kappa shape index (κ3) is 10.3. The summed E-state index contributed by atoms with van der Waals surface area (Å²) in [6.07, 6.45) is 8.64. The van der Waals surface area contributed by atoms with Gasteiger partial charge in [0.1, 0.15) is 29.8 Å². The summed E-state index contributed by atoms with van der Waals surface area (Å²) >= 11 is 0. The standard InChI is InChI=1S/C50H61N5O6Si/c1-7-50(6)48(60)53-42(34-36-25-27-37(28-26-36)38-29-31-51-32-30-38)47(59)55-33-17-23-43(55)46(58)52-41(45(57)54-50)22-15-10-16-24-44(56)35(2)61-62(49(3,4)5,39-18-11-8-12-19-39)40-20-13-9-14-21-40/h8-14,16,18-21,25-32,35,41-43H,7,15,17,22-24,33-34H2,1-6H3,(H,52,58)(H,53,60)(H,54,57)/t35-,41-,42-,43+,50-/m0/s1. The summed E-state index contributed by atoms with van der Waals surface area (Å²) in [6.45, 7) is 12.1. The van der Waals surface area contributed by atoms with Gasteiger partial charge in [0.2, 0.25) is 23.6 Å². The zero-order chi connectivity index (χ0) is 44.5. The van der Waals surface area contributed by atoms with Crippen molar-refractivity contribution in [1.82, 2.24) is 25.8 Å². The molecule has 3 heterocycles. The van der Waals surface area contributed by atoms with E-state index in [4.69, 9.17) is 4.43 Å². The highest BCUT2D eigenvalue weighted by atomic mass is 28.4. The predicted molar refractivity (Wildman–Crippen MR) is 245 cm³/mol. The Morgan fingerprint density at radius 1 is 0.855 bits per heavy atom. The molecule has 62 heavy (non-hydrogen) atoms. The van der Waals surface area contributed by atoms with Crippen molar-refractivity contribution in [1.29, 1.82) is 0 Å². The number of nitrogens with one attached hydrogen (secondary N) is 3. The molecule has 2 aliphatic heterocycles. The quantitative estimate of drug-likeness (QED) is 0.107. The Labute approximate surface area is 367 Å². The molecule has 0 spiro atoms. The second kappa shape index (κ2) is 20.0. The summed E-state index contributed by atoms with van der Waals surface area (Å²) in [7, 11) is -2.94. The second-order valence-electron chi connectivity index (χ2n) is 17.7. The van der Waals surface area contributed by atoms with Crippen molar-refractivity contribution in [2.45, 2.75) is 121 Å². The van der Waals surface area contributed by atoms with Crippen LogP contribution in [0.15, 0.2) is 122 Å². The molecule has 4 aromatic rings. The molecule has 2 fully saturated rings. The van der Waals surface area contributed by atoms with Crippen LogP contribution in [0, 0.1) is 0 Å². The highest BCUT2D eigenvalue weighted by molar-refractivity contribution is 6.99. The molecule has 2 saturated heterocycles. The molecule has 3 aromatic carbocycles. The summed E-state index contributed by atoms with van der Waals surface area (Å²) in [5.41, 5.74) is 1.48. The van der Waals surface area contributed by atoms with Gasteiger partial charge in [0.25, 0.3) is 8.32 Å². The molecule has 0 radical (unpaired) electrons. The van der Waals surface area contributed by atoms with Crippen LogP contribution in [-0.2, 0) is 34.8 Å². The predicted octanol–water partition coefficient (Wildman–Crippen LogP) is 5.81. The normalized spacial score (nSPS) is 21.9. The fourth-order valence-electron chi connectivity index (χ4n) is 8.60. The van der Waals surface area contributed by atoms with Gasteiger partial charge in [-0.2, -0.15) is 0 Å². The zero-order valence-corrected chi connectivity index (χ0v) is 37.9. The Kier molecular flexibility index (Phi) is 14.8. The maximum atomic E-state index is 14.3. The van der Waals surface area contributed by atoms with Gasteiger partial charge < -0.3 is 25.3 Å². The van der Waals surface area contributed by atoms with Crippen molar-refractivity contribution in [2.75, 3.05) is 6.54 Å². The van der Waals surface area contributed by atoms with E-state index in [1.165, 1.54) is 0 Å². The van der Waals surface area contributed by atoms with Crippen molar-refractivity contribution in [2.24, 2.45) is 0 Å². The average molecular weight is 856 g/mol. The van der Waals surface area contributed by atoms with E-state index >= 15 is 0 Å². The van der Waals surface area contributed by atoms with Crippen LogP contribution in [0.5, 0.6) is 0 Å². The van der Waals surface area contributed by atoms with Gasteiger partial charge in [0.05, 0.1) is 0 Å². The molecular weight excluding hydrogens is 795 g/mol. The highest BCUT2D eigenvalue weighted by Crippen LogP contribution is 2.37. The molecule has 11 nitrogen and oxygen atoms in total. The van der Waals surface area contributed by atoms with E-state index in [-0.39, 0.29) is 42.4 Å². The summed E-state index contributed by atoms with van der Waals surface area (Å²) in [5, 5.41) is 10.7. The molecule has 0 unspecified atom stereocenters. The monoisotopic (exact) mass is 855 g/mol. The summed E-state index contributed by atoms with van der Waals surface area (Å²) in [6, 6.07) is 29.3. The van der Waals surface area contributed by atoms with Gasteiger partial charge in [-0.3, -0.25) is 29.0 Å². The third-order valence-corrected chi connectivity index (χ3v) is 17.5. The van der Waals surface area contributed by atoms with E-state index in [1.807, 2.05) is 85.8 Å². The minimum absolute atomic E-state index is 0.0673. The number of hydrogen-bond acceptors (Lipinski definition) is 7. The van der Waals surface area contributed by atoms with Gasteiger partial charge in [0.15, 0.2) is 5.78 Å². The second-order valence-corrected chi connectivity index (χ2v) is 22.0. The first-order valence-electron chi connectivity index (χ1n) is 21.9. The van der Waals surface area contributed by atoms with Crippen molar-refractivity contribution in [3.05, 3.63) is 127 Å². The first-order valence-corrected chi connectivity index (χ1v) is 23.8. The maximum Gasteiger partial charge on any atom is 0.262 e. The summed E-state index contributed by atoms with van der Waals surface area (Å²) in [5.74, 6) is -1.78. The number of benzene rings is 3. The van der Waals surface area contributed by atoms with Crippen LogP contribution in [0.1, 0.15) is 85.6 Å². The van der Waals surface area contributed by atoms with Crippen LogP contribution >= 0.6 is 0 Å². The maximum absolute atomic E-state index is 14.3. The molecule has 0 bridgehead atoms. The summed E-state index contributed by atoms with van der Waals surface area (Å²) in [4.78, 5) is 75.6. The molecule has 4 amide bonds. The van der Waals surface area contributed by atoms with Gasteiger partial charge in [-0.25, -0.2) is 0 Å². The molecule has 12 heteroatoms. The van der Waals surface area contributed by atoms with Crippen LogP contribution in [0.25, 0.3) is 11.1 Å². The Balaban J connectivity index is 1.14. The topological polar surface area (TPSA) is 147 Å². The molecule has 2 aliphatic rings. The van der Waals surface area contributed by atoms with Gasteiger partial charge in [0, 0.05) is 31.8 Å². The zero-order valence-electron chi connectivity index (χ0n) is 36.9. The lowest BCUT2D eigenvalue weighted by Gasteiger charge is -2.44. The number of amides is 4. The van der Waals surface area contributed by atoms with Gasteiger partial charge in [-0.1, -0.05) is 125 Å². The SMILES string of the molecule is CC[C@]1(C)NC(=O)[C@H](CCC=CCC(=O)[C@H](C)O[Si](c2ccccc2)(c2ccccc2)C(C)(C)C)NC(=O)[C@H]2CCCN2C(=O)[C@H](Cc2ccc(-c3ccncc3)cc2)NC1=O. The molecular formula is C50H61N5O6Si. The van der Waals surface area contributed by atoms with Crippen molar-refractivity contribution in [3.63, 3.8) is 0 Å². The molecule has 0 aliphatic carbocycles. The number of hydrogen-bond donors (Lipinski definition) is 3. The lowest BCUT2D eigenvalue weighted by molar-refractivity contribution is -0.144. The van der Waals surface area contributed by atoms with Crippen molar-refractivity contribution >= 4 is 48.1 Å². The van der Waals surface area contributed by atoms with E-state index in [9.17, 15) is 24.0 Å². The van der Waals surface area contributed by atoms with Crippen LogP contribution in [0.3, 0.4) is 0 Å². The fourth-order valence-corrected chi connectivity index (χ4v) is 13.3. The molecule has 5 atom stereocenters. The van der Waals surface area contributed by atoms with Crippen molar-refractivity contribution < 1.29 is 28.4 Å². The lowest BCUT2D eigenvalue weighted by atomic mass is 9.94. The van der Waals surface area contributed by atoms with Crippen LogP contribution in [0.2, 0.25) is 5.04 Å². The number of allylic oxidation sites excluding steroid dienone is 2. The Hall–Kier alpha value is -5.72. The van der Waals surface area contributed by atoms with Crippen LogP contribution in [0.4, 0.5) is 0 Å². The first-order chi connectivity index (χ1) is 29.7. The van der Waals surface area contributed by atoms with Crippen LogP contribution < -0.4 is 26.3 Å². The largest absolute Gasteiger partial charge is 0.398 e. The number of aromatic nitrogens is 1. The lowest BCUT2D eigenvalue weighted by Crippen LogP contribution is -2.68. The Morgan fingerprint density at radius 2 is 1.47 bits per heavy atom. The minimum Gasteiger partial charge on any atom is -0.398 e. The number of rotatable bonds is 14. The highest BCUT2D eigenvalue weighted by Gasteiger charge is 2.51. The molecule has 1 aromatic heterocycles. The number of ketones is 1. The Morgan fingerprint density at radius 3 is 2.06 bits per heavy atom. The van der Waals surface area contributed by atoms with E-state index in [2.05, 4.69) is 66.0 Å². The number of pyridine rings is 1. The number of fused-ring (bicyclic) bond motifs is 1. The van der Waals surface area contributed by atoms with E-state index in [0.717, 1.165) is 27.1 Å². The smallest absolute Gasteiger partial charge is 0.262 e. The summed E-state index contributed by atoms with van der Waals surface area (Å²) < 4.78 is 7.01. The van der Waals surface area contributed by atoms with E-state index in [1.54, 1.807) is 37.2 Å². The molecule has 326 valence electrons. The van der Waals surface area contributed by atoms with Gasteiger partial charge >= 0.3 is 0 Å². The number of carbonyl (C=O) groups is 5. The third-order valence-electron chi connectivity index (χ3n) is 12.4. The number of Topliss-reactive ketones (excluding diaryl/α,β-unsaturated/α-hetero) is 1. The number of carbonyl (C=O) groups excluding carboxylic acids is 5. The fraction of sp³-hybridized carbons (Fsp3) is 0.400.